The molecule has 0 rings (SSSR count). The lowest BCUT2D eigenvalue weighted by Gasteiger charge is -2.27. The number of hydrogen-bond acceptors (Lipinski definition) is 1. The van der Waals surface area contributed by atoms with Crippen LogP contribution in [-0.4, -0.2) is 12.6 Å². The van der Waals surface area contributed by atoms with Gasteiger partial charge in [0.05, 0.1) is 0 Å². The third kappa shape index (κ3) is 10.5. The fraction of sp³-hybridized carbons (Fsp3) is 1.00. The van der Waals surface area contributed by atoms with Crippen molar-refractivity contribution in [3.63, 3.8) is 0 Å². The SMILES string of the molecule is CC(C)NCCC(C)(C)CCCC(C)(C)C. The zero-order valence-corrected chi connectivity index (χ0v) is 12.6. The van der Waals surface area contributed by atoms with E-state index in [0.29, 0.717) is 16.9 Å². The molecule has 0 aliphatic heterocycles. The van der Waals surface area contributed by atoms with Crippen LogP contribution in [0.3, 0.4) is 0 Å². The normalized spacial score (nSPS) is 13.5. The van der Waals surface area contributed by atoms with Gasteiger partial charge < -0.3 is 5.32 Å². The van der Waals surface area contributed by atoms with Crippen molar-refractivity contribution in [2.45, 2.75) is 80.2 Å². The second-order valence-electron chi connectivity index (χ2n) is 7.44. The van der Waals surface area contributed by atoms with Crippen LogP contribution in [0.1, 0.15) is 74.1 Å². The van der Waals surface area contributed by atoms with Gasteiger partial charge in [-0.2, -0.15) is 0 Å². The highest BCUT2D eigenvalue weighted by molar-refractivity contribution is 4.72. The molecular formula is C15H33N. The van der Waals surface area contributed by atoms with Crippen molar-refractivity contribution in [1.82, 2.24) is 5.32 Å². The average Bonchev–Trinajstić information content (AvgIpc) is 1.99. The van der Waals surface area contributed by atoms with Crippen molar-refractivity contribution in [3.05, 3.63) is 0 Å². The Kier molecular flexibility index (Phi) is 6.62. The molecule has 1 heteroatoms. The van der Waals surface area contributed by atoms with E-state index in [4.69, 9.17) is 0 Å². The van der Waals surface area contributed by atoms with Crippen molar-refractivity contribution in [2.24, 2.45) is 10.8 Å². The zero-order chi connectivity index (χ0) is 12.8. The van der Waals surface area contributed by atoms with E-state index in [2.05, 4.69) is 53.8 Å². The van der Waals surface area contributed by atoms with Gasteiger partial charge in [-0.1, -0.05) is 54.9 Å². The molecule has 16 heavy (non-hydrogen) atoms. The van der Waals surface area contributed by atoms with E-state index in [1.54, 1.807) is 0 Å². The molecule has 0 spiro atoms. The molecule has 0 saturated heterocycles. The van der Waals surface area contributed by atoms with Gasteiger partial charge in [-0.15, -0.1) is 0 Å². The third-order valence-electron chi connectivity index (χ3n) is 3.13. The van der Waals surface area contributed by atoms with Crippen molar-refractivity contribution >= 4 is 0 Å². The van der Waals surface area contributed by atoms with Gasteiger partial charge in [0.2, 0.25) is 0 Å². The predicted octanol–water partition coefficient (Wildman–Crippen LogP) is 4.62. The Bertz CT molecular complexity index is 174. The summed E-state index contributed by atoms with van der Waals surface area (Å²) in [5.74, 6) is 0. The van der Waals surface area contributed by atoms with Crippen LogP contribution in [0.25, 0.3) is 0 Å². The summed E-state index contributed by atoms with van der Waals surface area (Å²) in [5, 5.41) is 3.51. The molecule has 0 aliphatic rings. The molecule has 0 amide bonds. The summed E-state index contributed by atoms with van der Waals surface area (Å²) in [7, 11) is 0. The summed E-state index contributed by atoms with van der Waals surface area (Å²) in [4.78, 5) is 0. The lowest BCUT2D eigenvalue weighted by molar-refractivity contribution is 0.261. The van der Waals surface area contributed by atoms with E-state index >= 15 is 0 Å². The molecule has 0 radical (unpaired) electrons. The average molecular weight is 227 g/mol. The standard InChI is InChI=1S/C15H33N/c1-13(2)16-12-11-15(6,7)10-8-9-14(3,4)5/h13,16H,8-12H2,1-7H3. The van der Waals surface area contributed by atoms with Gasteiger partial charge >= 0.3 is 0 Å². The first-order valence-electron chi connectivity index (χ1n) is 6.86. The first-order chi connectivity index (χ1) is 7.12. The van der Waals surface area contributed by atoms with Crippen molar-refractivity contribution < 1.29 is 0 Å². The summed E-state index contributed by atoms with van der Waals surface area (Å²) in [6.45, 7) is 17.4. The Labute approximate surface area is 103 Å². The van der Waals surface area contributed by atoms with Crippen LogP contribution in [0.5, 0.6) is 0 Å². The van der Waals surface area contributed by atoms with E-state index in [1.807, 2.05) is 0 Å². The smallest absolute Gasteiger partial charge is 0.00103 e. The lowest BCUT2D eigenvalue weighted by atomic mass is 9.80. The third-order valence-corrected chi connectivity index (χ3v) is 3.13. The highest BCUT2D eigenvalue weighted by Crippen LogP contribution is 2.30. The molecule has 0 bridgehead atoms. The topological polar surface area (TPSA) is 12.0 Å². The minimum atomic E-state index is 0.492. The summed E-state index contributed by atoms with van der Waals surface area (Å²) in [6, 6.07) is 0.616. The Morgan fingerprint density at radius 2 is 1.44 bits per heavy atom. The Morgan fingerprint density at radius 3 is 1.88 bits per heavy atom. The van der Waals surface area contributed by atoms with Crippen molar-refractivity contribution in [3.8, 4) is 0 Å². The van der Waals surface area contributed by atoms with Crippen LogP contribution in [0.4, 0.5) is 0 Å². The summed E-state index contributed by atoms with van der Waals surface area (Å²) in [6.07, 6.45) is 5.34. The maximum absolute atomic E-state index is 3.51. The van der Waals surface area contributed by atoms with E-state index in [1.165, 1.54) is 25.7 Å². The van der Waals surface area contributed by atoms with Gasteiger partial charge in [0.25, 0.3) is 0 Å². The van der Waals surface area contributed by atoms with Gasteiger partial charge in [0.1, 0.15) is 0 Å². The highest BCUT2D eigenvalue weighted by atomic mass is 14.9. The highest BCUT2D eigenvalue weighted by Gasteiger charge is 2.19. The van der Waals surface area contributed by atoms with E-state index in [0.717, 1.165) is 6.54 Å². The number of nitrogens with one attached hydrogen (secondary N) is 1. The fourth-order valence-corrected chi connectivity index (χ4v) is 1.92. The Hall–Kier alpha value is -0.0400. The minimum Gasteiger partial charge on any atom is -0.315 e. The van der Waals surface area contributed by atoms with E-state index in [9.17, 15) is 0 Å². The first-order valence-corrected chi connectivity index (χ1v) is 6.86. The van der Waals surface area contributed by atoms with Gasteiger partial charge in [0.15, 0.2) is 0 Å². The van der Waals surface area contributed by atoms with E-state index in [-0.39, 0.29) is 0 Å². The van der Waals surface area contributed by atoms with Crippen LogP contribution in [0, 0.1) is 10.8 Å². The monoisotopic (exact) mass is 227 g/mol. The molecular weight excluding hydrogens is 194 g/mol. The zero-order valence-electron chi connectivity index (χ0n) is 12.6. The van der Waals surface area contributed by atoms with Crippen molar-refractivity contribution in [1.29, 1.82) is 0 Å². The molecule has 0 aliphatic carbocycles. The van der Waals surface area contributed by atoms with Crippen LogP contribution in [-0.2, 0) is 0 Å². The van der Waals surface area contributed by atoms with Crippen molar-refractivity contribution in [2.75, 3.05) is 6.54 Å². The molecule has 98 valence electrons. The predicted molar refractivity (Wildman–Crippen MR) is 74.8 cm³/mol. The van der Waals surface area contributed by atoms with Crippen LogP contribution >= 0.6 is 0 Å². The molecule has 0 aromatic rings. The summed E-state index contributed by atoms with van der Waals surface area (Å²) < 4.78 is 0. The van der Waals surface area contributed by atoms with Crippen LogP contribution in [0.2, 0.25) is 0 Å². The maximum atomic E-state index is 3.51. The second kappa shape index (κ2) is 6.64. The second-order valence-corrected chi connectivity index (χ2v) is 7.44. The first kappa shape index (κ1) is 16.0. The van der Waals surface area contributed by atoms with Crippen LogP contribution in [0.15, 0.2) is 0 Å². The van der Waals surface area contributed by atoms with E-state index < -0.39 is 0 Å². The quantitative estimate of drug-likeness (QED) is 0.669. The molecule has 0 fully saturated rings. The van der Waals surface area contributed by atoms with Gasteiger partial charge in [-0.3, -0.25) is 0 Å². The molecule has 0 unspecified atom stereocenters. The fourth-order valence-electron chi connectivity index (χ4n) is 1.92. The molecule has 0 heterocycles. The largest absolute Gasteiger partial charge is 0.315 e. The number of rotatable bonds is 7. The lowest BCUT2D eigenvalue weighted by Crippen LogP contribution is -2.27. The Balaban J connectivity index is 3.70. The van der Waals surface area contributed by atoms with Crippen LogP contribution < -0.4 is 5.32 Å². The molecule has 0 aromatic carbocycles. The van der Waals surface area contributed by atoms with Gasteiger partial charge in [-0.05, 0) is 36.6 Å². The summed E-state index contributed by atoms with van der Waals surface area (Å²) in [5.41, 5.74) is 0.986. The maximum Gasteiger partial charge on any atom is 0.00103 e. The molecule has 0 atom stereocenters. The Morgan fingerprint density at radius 1 is 0.875 bits per heavy atom. The number of hydrogen-bond donors (Lipinski definition) is 1. The molecule has 1 N–H and O–H groups in total. The van der Waals surface area contributed by atoms with Gasteiger partial charge in [-0.25, -0.2) is 0 Å². The molecule has 1 nitrogen and oxygen atoms in total. The molecule has 0 saturated carbocycles. The molecule has 0 aromatic heterocycles. The summed E-state index contributed by atoms with van der Waals surface area (Å²) >= 11 is 0. The van der Waals surface area contributed by atoms with Gasteiger partial charge in [0, 0.05) is 6.04 Å². The minimum absolute atomic E-state index is 0.492.